The number of phenolic OH excluding ortho intramolecular Hbond substituents is 2. The number of nitrogens with zero attached hydrogens (tertiary/aromatic N) is 1. The van der Waals surface area contributed by atoms with E-state index in [0.717, 1.165) is 5.56 Å². The molecule has 1 atom stereocenters. The van der Waals surface area contributed by atoms with Gasteiger partial charge in [0.1, 0.15) is 11.5 Å². The average Bonchev–Trinajstić information content (AvgIpc) is 2.49. The van der Waals surface area contributed by atoms with Gasteiger partial charge in [0.2, 0.25) is 5.91 Å². The third-order valence-corrected chi connectivity index (χ3v) is 3.28. The summed E-state index contributed by atoms with van der Waals surface area (Å²) in [6, 6.07) is 12.3. The third-order valence-electron chi connectivity index (χ3n) is 3.28. The summed E-state index contributed by atoms with van der Waals surface area (Å²) < 4.78 is 0. The molecule has 0 saturated carbocycles. The summed E-state index contributed by atoms with van der Waals surface area (Å²) in [6.07, 6.45) is 0.390. The molecule has 110 valence electrons. The Balaban J connectivity index is 2.04. The van der Waals surface area contributed by atoms with Crippen LogP contribution in [-0.4, -0.2) is 29.2 Å². The van der Waals surface area contributed by atoms with Gasteiger partial charge in [-0.25, -0.2) is 0 Å². The Labute approximate surface area is 123 Å². The molecule has 1 unspecified atom stereocenters. The lowest BCUT2D eigenvalue weighted by Crippen LogP contribution is -2.43. The van der Waals surface area contributed by atoms with Crippen molar-refractivity contribution in [1.29, 1.82) is 0 Å². The van der Waals surface area contributed by atoms with E-state index in [4.69, 9.17) is 5.73 Å². The lowest BCUT2D eigenvalue weighted by molar-refractivity contribution is -0.119. The van der Waals surface area contributed by atoms with E-state index >= 15 is 0 Å². The van der Waals surface area contributed by atoms with Crippen LogP contribution >= 0.6 is 0 Å². The fourth-order valence-electron chi connectivity index (χ4n) is 2.03. The minimum atomic E-state index is -0.673. The molecule has 0 bridgehead atoms. The van der Waals surface area contributed by atoms with Crippen LogP contribution in [-0.2, 0) is 11.2 Å². The zero-order valence-corrected chi connectivity index (χ0v) is 11.7. The monoisotopic (exact) mass is 286 g/mol. The lowest BCUT2D eigenvalue weighted by atomic mass is 10.1. The van der Waals surface area contributed by atoms with Gasteiger partial charge in [-0.3, -0.25) is 4.79 Å². The average molecular weight is 286 g/mol. The number of rotatable bonds is 4. The van der Waals surface area contributed by atoms with Crippen molar-refractivity contribution in [2.75, 3.05) is 11.9 Å². The maximum Gasteiger partial charge on any atom is 0.243 e. The molecular formula is C16H18N2O3. The Morgan fingerprint density at radius 3 is 2.05 bits per heavy atom. The fraction of sp³-hybridized carbons (Fsp3) is 0.188. The standard InChI is InChI=1S/C16H18N2O3/c1-18(12-4-8-14(20)9-5-12)16(21)15(17)10-11-2-6-13(19)7-3-11/h2-9,15,19-20H,10,17H2,1H3. The normalized spacial score (nSPS) is 11.9. The van der Waals surface area contributed by atoms with Gasteiger partial charge in [-0.15, -0.1) is 0 Å². The molecule has 5 heteroatoms. The summed E-state index contributed by atoms with van der Waals surface area (Å²) in [7, 11) is 1.64. The molecule has 0 aliphatic carbocycles. The molecule has 0 aliphatic rings. The number of benzene rings is 2. The highest BCUT2D eigenvalue weighted by molar-refractivity contribution is 5.96. The first-order chi connectivity index (χ1) is 9.97. The molecule has 0 saturated heterocycles. The van der Waals surface area contributed by atoms with Gasteiger partial charge in [-0.05, 0) is 48.4 Å². The molecule has 0 spiro atoms. The first-order valence-corrected chi connectivity index (χ1v) is 6.57. The van der Waals surface area contributed by atoms with Gasteiger partial charge < -0.3 is 20.8 Å². The smallest absolute Gasteiger partial charge is 0.243 e. The van der Waals surface area contributed by atoms with Crippen molar-refractivity contribution in [3.8, 4) is 11.5 Å². The summed E-state index contributed by atoms with van der Waals surface area (Å²) in [5, 5.41) is 18.5. The first-order valence-electron chi connectivity index (χ1n) is 6.57. The van der Waals surface area contributed by atoms with E-state index < -0.39 is 6.04 Å². The molecule has 2 aromatic rings. The van der Waals surface area contributed by atoms with Crippen LogP contribution in [0.15, 0.2) is 48.5 Å². The van der Waals surface area contributed by atoms with Crippen LogP contribution in [0.25, 0.3) is 0 Å². The van der Waals surface area contributed by atoms with Crippen molar-refractivity contribution >= 4 is 11.6 Å². The fourth-order valence-corrected chi connectivity index (χ4v) is 2.03. The third kappa shape index (κ3) is 3.73. The second-order valence-electron chi connectivity index (χ2n) is 4.89. The highest BCUT2D eigenvalue weighted by Crippen LogP contribution is 2.18. The minimum absolute atomic E-state index is 0.146. The molecule has 0 heterocycles. The van der Waals surface area contributed by atoms with E-state index in [9.17, 15) is 15.0 Å². The molecule has 21 heavy (non-hydrogen) atoms. The first kappa shape index (κ1) is 14.9. The largest absolute Gasteiger partial charge is 0.508 e. The van der Waals surface area contributed by atoms with Crippen LogP contribution in [0.1, 0.15) is 5.56 Å². The summed E-state index contributed by atoms with van der Waals surface area (Å²) in [6.45, 7) is 0. The van der Waals surface area contributed by atoms with Crippen LogP contribution in [0.2, 0.25) is 0 Å². The number of aromatic hydroxyl groups is 2. The van der Waals surface area contributed by atoms with Gasteiger partial charge >= 0.3 is 0 Å². The number of likely N-dealkylation sites (N-methyl/N-ethyl adjacent to an activating group) is 1. The Morgan fingerprint density at radius 1 is 1.05 bits per heavy atom. The van der Waals surface area contributed by atoms with E-state index in [1.807, 2.05) is 0 Å². The van der Waals surface area contributed by atoms with Crippen LogP contribution < -0.4 is 10.6 Å². The summed E-state index contributed by atoms with van der Waals surface area (Å²) in [4.78, 5) is 13.8. The van der Waals surface area contributed by atoms with Crippen LogP contribution in [0, 0.1) is 0 Å². The number of phenols is 2. The lowest BCUT2D eigenvalue weighted by Gasteiger charge is -2.21. The van der Waals surface area contributed by atoms with E-state index in [0.29, 0.717) is 12.1 Å². The summed E-state index contributed by atoms with van der Waals surface area (Å²) in [5.74, 6) is 0.113. The molecule has 0 fully saturated rings. The van der Waals surface area contributed by atoms with E-state index in [1.54, 1.807) is 43.4 Å². The number of anilines is 1. The molecule has 0 aliphatic heterocycles. The maximum atomic E-state index is 12.3. The van der Waals surface area contributed by atoms with Crippen molar-refractivity contribution in [1.82, 2.24) is 0 Å². The number of nitrogens with two attached hydrogens (primary N) is 1. The topological polar surface area (TPSA) is 86.8 Å². The van der Waals surface area contributed by atoms with Crippen LogP contribution in [0.4, 0.5) is 5.69 Å². The summed E-state index contributed by atoms with van der Waals surface area (Å²) >= 11 is 0. The Bertz CT molecular complexity index is 608. The number of hydrogen-bond donors (Lipinski definition) is 3. The van der Waals surface area contributed by atoms with Gasteiger partial charge in [0, 0.05) is 12.7 Å². The molecule has 1 amide bonds. The SMILES string of the molecule is CN(C(=O)C(N)Cc1ccc(O)cc1)c1ccc(O)cc1. The van der Waals surface area contributed by atoms with Gasteiger partial charge in [-0.1, -0.05) is 12.1 Å². The number of amides is 1. The van der Waals surface area contributed by atoms with Crippen molar-refractivity contribution in [2.45, 2.75) is 12.5 Å². The summed E-state index contributed by atoms with van der Waals surface area (Å²) in [5.41, 5.74) is 7.50. The van der Waals surface area contributed by atoms with E-state index in [1.165, 1.54) is 17.0 Å². The second-order valence-corrected chi connectivity index (χ2v) is 4.89. The highest BCUT2D eigenvalue weighted by atomic mass is 16.3. The number of carbonyl (C=O) groups is 1. The van der Waals surface area contributed by atoms with E-state index in [2.05, 4.69) is 0 Å². The number of hydrogen-bond acceptors (Lipinski definition) is 4. The quantitative estimate of drug-likeness (QED) is 0.797. The molecule has 4 N–H and O–H groups in total. The Kier molecular flexibility index (Phi) is 4.45. The molecule has 0 radical (unpaired) electrons. The van der Waals surface area contributed by atoms with Gasteiger partial charge in [0.15, 0.2) is 0 Å². The Morgan fingerprint density at radius 2 is 1.52 bits per heavy atom. The number of carbonyl (C=O) groups excluding carboxylic acids is 1. The molecule has 0 aromatic heterocycles. The van der Waals surface area contributed by atoms with Gasteiger partial charge in [0.05, 0.1) is 6.04 Å². The van der Waals surface area contributed by atoms with Crippen LogP contribution in [0.3, 0.4) is 0 Å². The second kappa shape index (κ2) is 6.28. The molecule has 5 nitrogen and oxygen atoms in total. The van der Waals surface area contributed by atoms with Crippen molar-refractivity contribution < 1.29 is 15.0 Å². The van der Waals surface area contributed by atoms with Gasteiger partial charge in [0.25, 0.3) is 0 Å². The molecule has 2 rings (SSSR count). The zero-order chi connectivity index (χ0) is 15.4. The Hall–Kier alpha value is -2.53. The predicted octanol–water partition coefficient (Wildman–Crippen LogP) is 1.63. The maximum absolute atomic E-state index is 12.3. The zero-order valence-electron chi connectivity index (χ0n) is 11.7. The van der Waals surface area contributed by atoms with E-state index in [-0.39, 0.29) is 17.4 Å². The minimum Gasteiger partial charge on any atom is -0.508 e. The molecule has 2 aromatic carbocycles. The van der Waals surface area contributed by atoms with Gasteiger partial charge in [-0.2, -0.15) is 0 Å². The van der Waals surface area contributed by atoms with Crippen molar-refractivity contribution in [3.05, 3.63) is 54.1 Å². The highest BCUT2D eigenvalue weighted by Gasteiger charge is 2.19. The predicted molar refractivity (Wildman–Crippen MR) is 81.3 cm³/mol. The van der Waals surface area contributed by atoms with Crippen molar-refractivity contribution in [2.24, 2.45) is 5.73 Å². The molecular weight excluding hydrogens is 268 g/mol. The van der Waals surface area contributed by atoms with Crippen LogP contribution in [0.5, 0.6) is 11.5 Å². The van der Waals surface area contributed by atoms with Crippen molar-refractivity contribution in [3.63, 3.8) is 0 Å².